The van der Waals surface area contributed by atoms with Gasteiger partial charge in [0.2, 0.25) is 7.28 Å². The summed E-state index contributed by atoms with van der Waals surface area (Å²) in [7, 11) is -7.40. The van der Waals surface area contributed by atoms with Gasteiger partial charge in [-0.1, -0.05) is 57.2 Å². The van der Waals surface area contributed by atoms with E-state index in [2.05, 4.69) is 22.9 Å². The maximum absolute atomic E-state index is 13.9. The number of nitrogens with zero attached hydrogens (tertiary/aromatic N) is 2. The van der Waals surface area contributed by atoms with Crippen molar-refractivity contribution in [2.75, 3.05) is 18.0 Å². The van der Waals surface area contributed by atoms with Gasteiger partial charge in [-0.05, 0) is 67.9 Å². The van der Waals surface area contributed by atoms with Crippen LogP contribution in [0.5, 0.6) is 5.75 Å². The van der Waals surface area contributed by atoms with E-state index >= 15 is 0 Å². The summed E-state index contributed by atoms with van der Waals surface area (Å²) in [4.78, 5) is 2.34. The van der Waals surface area contributed by atoms with E-state index in [0.717, 1.165) is 29.5 Å². The van der Waals surface area contributed by atoms with Gasteiger partial charge in [-0.25, -0.2) is 0 Å². The number of benzene rings is 3. The van der Waals surface area contributed by atoms with E-state index in [-0.39, 0.29) is 4.90 Å². The Morgan fingerprint density at radius 2 is 1.59 bits per heavy atom. The number of furan rings is 1. The smallest absolute Gasteiger partial charge is 0.284 e. The lowest BCUT2D eigenvalue weighted by molar-refractivity contribution is 0.526. The van der Waals surface area contributed by atoms with E-state index in [9.17, 15) is 8.42 Å². The van der Waals surface area contributed by atoms with Crippen molar-refractivity contribution in [2.45, 2.75) is 51.6 Å². The van der Waals surface area contributed by atoms with E-state index in [1.165, 1.54) is 0 Å². The maximum atomic E-state index is 13.9. The molecule has 1 unspecified atom stereocenters. The molecule has 196 valence electrons. The molecule has 1 atom stereocenters. The quantitative estimate of drug-likeness (QED) is 0.216. The first-order chi connectivity index (χ1) is 17.5. The van der Waals surface area contributed by atoms with Crippen LogP contribution in [0.1, 0.15) is 40.4 Å². The third-order valence-corrected chi connectivity index (χ3v) is 12.1. The van der Waals surface area contributed by atoms with Crippen LogP contribution in [0.15, 0.2) is 92.3 Å². The Hall–Kier alpha value is -3.02. The van der Waals surface area contributed by atoms with E-state index in [4.69, 9.17) is 8.94 Å². The Labute approximate surface area is 220 Å². The molecule has 8 heteroatoms. The van der Waals surface area contributed by atoms with Gasteiger partial charge in [0.25, 0.3) is 10.0 Å². The average Bonchev–Trinajstić information content (AvgIpc) is 3.30. The van der Waals surface area contributed by atoms with E-state index in [0.29, 0.717) is 17.0 Å². The minimum atomic E-state index is -4.11. The fraction of sp³-hybridized carbons (Fsp3) is 0.310. The molecular formula is C29H35N2O4PS. The van der Waals surface area contributed by atoms with Crippen LogP contribution in [0.2, 0.25) is 0 Å². The number of hydrogen-bond acceptors (Lipinski definition) is 5. The molecule has 0 aliphatic rings. The monoisotopic (exact) mass is 538 g/mol. The van der Waals surface area contributed by atoms with E-state index in [1.54, 1.807) is 24.3 Å². The second kappa shape index (κ2) is 10.4. The van der Waals surface area contributed by atoms with Gasteiger partial charge in [0, 0.05) is 30.0 Å². The molecular weight excluding hydrogens is 503 g/mol. The van der Waals surface area contributed by atoms with Crippen molar-refractivity contribution < 1.29 is 17.4 Å². The molecule has 0 bridgehead atoms. The Morgan fingerprint density at radius 3 is 2.22 bits per heavy atom. The van der Waals surface area contributed by atoms with Crippen LogP contribution in [-0.2, 0) is 10.0 Å². The molecule has 0 aliphatic carbocycles. The van der Waals surface area contributed by atoms with Gasteiger partial charge < -0.3 is 13.8 Å². The highest BCUT2D eigenvalue weighted by Gasteiger charge is 2.44. The normalized spacial score (nSPS) is 13.8. The lowest BCUT2D eigenvalue weighted by Crippen LogP contribution is -2.27. The highest BCUT2D eigenvalue weighted by atomic mass is 32.2. The highest BCUT2D eigenvalue weighted by molar-refractivity contribution is 7.95. The van der Waals surface area contributed by atoms with Crippen LogP contribution < -0.4 is 14.9 Å². The summed E-state index contributed by atoms with van der Waals surface area (Å²) < 4.78 is 45.3. The molecule has 0 aliphatic heterocycles. The number of hydrogen-bond donors (Lipinski definition) is 0. The first-order valence-electron chi connectivity index (χ1n) is 12.5. The number of rotatable bonds is 8. The van der Waals surface area contributed by atoms with E-state index in [1.807, 2.05) is 82.3 Å². The second-order valence-corrected chi connectivity index (χ2v) is 15.1. The van der Waals surface area contributed by atoms with Crippen LogP contribution in [0.3, 0.4) is 0 Å². The Morgan fingerprint density at radius 1 is 0.892 bits per heavy atom. The molecule has 1 aromatic heterocycles. The first kappa shape index (κ1) is 27.0. The molecule has 0 radical (unpaired) electrons. The van der Waals surface area contributed by atoms with Crippen molar-refractivity contribution in [3.8, 4) is 5.75 Å². The maximum Gasteiger partial charge on any atom is 0.284 e. The van der Waals surface area contributed by atoms with Crippen LogP contribution >= 0.6 is 7.28 Å². The van der Waals surface area contributed by atoms with Gasteiger partial charge in [-0.15, -0.1) is 4.15 Å². The number of anilines is 1. The van der Waals surface area contributed by atoms with Crippen LogP contribution in [0.25, 0.3) is 10.8 Å². The summed E-state index contributed by atoms with van der Waals surface area (Å²) in [6.07, 6.45) is 0. The summed E-state index contributed by atoms with van der Waals surface area (Å²) in [6.45, 7) is 13.6. The van der Waals surface area contributed by atoms with Crippen LogP contribution in [0.4, 0.5) is 5.69 Å². The topological polar surface area (TPSA) is 72.1 Å². The number of fused-ring (bicyclic) bond motifs is 1. The standard InChI is InChI=1S/C29H35N2O4PS/c1-7-31(8-2)25-14-11-15-26(21-25)35-36(29(4,5)6,28-19-16-22(3)34-28)30-37(32,33)27-18-17-23-12-9-10-13-24(23)20-27/h9-21H,7-8H2,1-6H3. The molecule has 3 aromatic carbocycles. The number of sulfonamides is 1. The Kier molecular flexibility index (Phi) is 7.59. The molecule has 0 N–H and O–H groups in total. The number of aryl methyl sites for hydroxylation is 1. The third-order valence-electron chi connectivity index (χ3n) is 6.36. The summed E-state index contributed by atoms with van der Waals surface area (Å²) in [5.41, 5.74) is 1.44. The van der Waals surface area contributed by atoms with Gasteiger partial charge in [0.05, 0.1) is 4.90 Å². The zero-order chi connectivity index (χ0) is 26.8. The fourth-order valence-corrected chi connectivity index (χ4v) is 9.81. The van der Waals surface area contributed by atoms with Gasteiger partial charge in [0.15, 0.2) is 5.50 Å². The third kappa shape index (κ3) is 5.48. The molecule has 1 heterocycles. The van der Waals surface area contributed by atoms with Gasteiger partial charge in [0.1, 0.15) is 11.5 Å². The average molecular weight is 539 g/mol. The lowest BCUT2D eigenvalue weighted by Gasteiger charge is -2.34. The van der Waals surface area contributed by atoms with Crippen molar-refractivity contribution in [2.24, 2.45) is 4.15 Å². The molecule has 0 saturated heterocycles. The molecule has 0 fully saturated rings. The lowest BCUT2D eigenvalue weighted by atomic mass is 10.1. The molecule has 0 saturated carbocycles. The van der Waals surface area contributed by atoms with Gasteiger partial charge in [-0.3, -0.25) is 0 Å². The minimum absolute atomic E-state index is 0.128. The van der Waals surface area contributed by atoms with E-state index < -0.39 is 22.5 Å². The second-order valence-electron chi connectivity index (χ2n) is 9.96. The van der Waals surface area contributed by atoms with Gasteiger partial charge in [-0.2, -0.15) is 8.42 Å². The van der Waals surface area contributed by atoms with Crippen LogP contribution in [-0.4, -0.2) is 26.7 Å². The zero-order valence-corrected chi connectivity index (χ0v) is 24.0. The van der Waals surface area contributed by atoms with Gasteiger partial charge >= 0.3 is 0 Å². The van der Waals surface area contributed by atoms with Crippen molar-refractivity contribution in [1.29, 1.82) is 0 Å². The molecule has 0 spiro atoms. The molecule has 4 aromatic rings. The fourth-order valence-electron chi connectivity index (χ4n) is 4.28. The summed E-state index contributed by atoms with van der Waals surface area (Å²) in [5, 5.41) is 1.11. The first-order valence-corrected chi connectivity index (χ1v) is 15.6. The molecule has 4 rings (SSSR count). The molecule has 37 heavy (non-hydrogen) atoms. The predicted octanol–water partition coefficient (Wildman–Crippen LogP) is 7.60. The van der Waals surface area contributed by atoms with Crippen molar-refractivity contribution in [1.82, 2.24) is 0 Å². The van der Waals surface area contributed by atoms with Crippen molar-refractivity contribution >= 4 is 39.3 Å². The van der Waals surface area contributed by atoms with Crippen molar-refractivity contribution in [3.63, 3.8) is 0 Å². The Bertz CT molecular complexity index is 1560. The predicted molar refractivity (Wildman–Crippen MR) is 154 cm³/mol. The molecule has 6 nitrogen and oxygen atoms in total. The summed E-state index contributed by atoms with van der Waals surface area (Å²) in [6, 6.07) is 24.1. The largest absolute Gasteiger partial charge is 0.457 e. The summed E-state index contributed by atoms with van der Waals surface area (Å²) in [5.74, 6) is 1.22. The molecule has 0 amide bonds. The highest BCUT2D eigenvalue weighted by Crippen LogP contribution is 2.61. The zero-order valence-electron chi connectivity index (χ0n) is 22.3. The van der Waals surface area contributed by atoms with Crippen LogP contribution in [0, 0.1) is 6.92 Å². The SMILES string of the molecule is CCN(CC)c1cccc(OP(=NS(=O)(=O)c2ccc3ccccc3c2)(c2ccc(C)o2)C(C)(C)C)c1. The van der Waals surface area contributed by atoms with Crippen molar-refractivity contribution in [3.05, 3.63) is 84.6 Å². The summed E-state index contributed by atoms with van der Waals surface area (Å²) >= 11 is 0. The Balaban J connectivity index is 1.95. The minimum Gasteiger partial charge on any atom is -0.457 e.